The van der Waals surface area contributed by atoms with Crippen molar-refractivity contribution in [2.75, 3.05) is 20.2 Å². The van der Waals surface area contributed by atoms with Crippen molar-refractivity contribution < 1.29 is 14.3 Å². The Morgan fingerprint density at radius 3 is 2.62 bits per heavy atom. The lowest BCUT2D eigenvalue weighted by molar-refractivity contribution is 0.0594. The third-order valence-electron chi connectivity index (χ3n) is 5.41. The fourth-order valence-electron chi connectivity index (χ4n) is 3.20. The van der Waals surface area contributed by atoms with Crippen LogP contribution in [0.4, 0.5) is 0 Å². The maximum absolute atomic E-state index is 12.7. The molecule has 1 aromatic carbocycles. The number of H-pyrrole nitrogens is 1. The number of hydrogen-bond acceptors (Lipinski definition) is 4. The van der Waals surface area contributed by atoms with E-state index in [1.54, 1.807) is 13.2 Å². The summed E-state index contributed by atoms with van der Waals surface area (Å²) >= 11 is 0. The van der Waals surface area contributed by atoms with Crippen molar-refractivity contribution in [3.8, 4) is 11.5 Å². The highest BCUT2D eigenvalue weighted by atomic mass is 16.5. The maximum atomic E-state index is 12.7. The minimum atomic E-state index is -0.0112. The lowest BCUT2D eigenvalue weighted by atomic mass is 9.78. The zero-order valence-electron chi connectivity index (χ0n) is 15.7. The average molecular weight is 357 g/mol. The van der Waals surface area contributed by atoms with E-state index in [-0.39, 0.29) is 5.91 Å². The van der Waals surface area contributed by atoms with Crippen LogP contribution in [0.15, 0.2) is 30.3 Å². The highest BCUT2D eigenvalue weighted by molar-refractivity contribution is 5.92. The quantitative estimate of drug-likeness (QED) is 0.857. The van der Waals surface area contributed by atoms with Crippen LogP contribution >= 0.6 is 0 Å². The first-order valence-corrected chi connectivity index (χ1v) is 9.14. The van der Waals surface area contributed by atoms with Crippen molar-refractivity contribution in [2.45, 2.75) is 39.7 Å². The molecular formula is C20H27N3O3. The highest BCUT2D eigenvalue weighted by Crippen LogP contribution is 2.34. The van der Waals surface area contributed by atoms with E-state index in [1.807, 2.05) is 29.2 Å². The fourth-order valence-corrected chi connectivity index (χ4v) is 3.20. The number of hydrogen-bond donors (Lipinski definition) is 1. The standard InChI is InChI=1S/C20H27N3O3/c1-4-20(2)9-11-23(12-10-20)19(24)16-13-15(21-22-16)14-26-18-8-6-5-7-17(18)25-3/h5-8,13H,4,9-12,14H2,1-3H3,(H,21,22). The van der Waals surface area contributed by atoms with Crippen molar-refractivity contribution in [2.24, 2.45) is 5.41 Å². The molecule has 1 amide bonds. The molecule has 0 aliphatic carbocycles. The van der Waals surface area contributed by atoms with E-state index in [4.69, 9.17) is 9.47 Å². The highest BCUT2D eigenvalue weighted by Gasteiger charge is 2.31. The van der Waals surface area contributed by atoms with Crippen molar-refractivity contribution in [1.29, 1.82) is 0 Å². The number of para-hydroxylation sites is 2. The minimum Gasteiger partial charge on any atom is -0.493 e. The third-order valence-corrected chi connectivity index (χ3v) is 5.41. The molecule has 2 heterocycles. The molecule has 0 bridgehead atoms. The van der Waals surface area contributed by atoms with Crippen molar-refractivity contribution in [1.82, 2.24) is 15.1 Å². The Morgan fingerprint density at radius 1 is 1.27 bits per heavy atom. The molecule has 1 aliphatic heterocycles. The first-order chi connectivity index (χ1) is 12.5. The summed E-state index contributed by atoms with van der Waals surface area (Å²) in [7, 11) is 1.61. The van der Waals surface area contributed by atoms with Crippen molar-refractivity contribution in [3.05, 3.63) is 41.7 Å². The van der Waals surface area contributed by atoms with E-state index >= 15 is 0 Å². The number of ether oxygens (including phenoxy) is 2. The van der Waals surface area contributed by atoms with Gasteiger partial charge in [-0.05, 0) is 36.5 Å². The Balaban J connectivity index is 1.58. The molecule has 0 radical (unpaired) electrons. The van der Waals surface area contributed by atoms with Gasteiger partial charge >= 0.3 is 0 Å². The number of rotatable bonds is 6. The monoisotopic (exact) mass is 357 g/mol. The summed E-state index contributed by atoms with van der Waals surface area (Å²) < 4.78 is 11.0. The first kappa shape index (κ1) is 18.3. The average Bonchev–Trinajstić information content (AvgIpc) is 3.15. The summed E-state index contributed by atoms with van der Waals surface area (Å²) in [6.45, 7) is 6.41. The van der Waals surface area contributed by atoms with Gasteiger partial charge in [-0.1, -0.05) is 32.4 Å². The number of carbonyl (C=O) groups is 1. The summed E-state index contributed by atoms with van der Waals surface area (Å²) in [5, 5.41) is 7.07. The van der Waals surface area contributed by atoms with Gasteiger partial charge in [0.25, 0.3) is 5.91 Å². The van der Waals surface area contributed by atoms with E-state index in [0.29, 0.717) is 29.2 Å². The number of likely N-dealkylation sites (tertiary alicyclic amines) is 1. The number of nitrogens with zero attached hydrogens (tertiary/aromatic N) is 2. The molecule has 0 unspecified atom stereocenters. The van der Waals surface area contributed by atoms with Gasteiger partial charge in [0.05, 0.1) is 12.8 Å². The van der Waals surface area contributed by atoms with Crippen LogP contribution in [-0.4, -0.2) is 41.2 Å². The second-order valence-corrected chi connectivity index (χ2v) is 7.17. The Hall–Kier alpha value is -2.50. The van der Waals surface area contributed by atoms with Gasteiger partial charge in [0.1, 0.15) is 6.61 Å². The Bertz CT molecular complexity index is 748. The van der Waals surface area contributed by atoms with Crippen LogP contribution < -0.4 is 9.47 Å². The van der Waals surface area contributed by atoms with Gasteiger partial charge in [0.2, 0.25) is 0 Å². The summed E-state index contributed by atoms with van der Waals surface area (Å²) in [5.74, 6) is 1.32. The molecule has 3 rings (SSSR count). The molecule has 1 saturated heterocycles. The predicted octanol–water partition coefficient (Wildman–Crippen LogP) is 3.65. The Kier molecular flexibility index (Phi) is 5.49. The molecule has 0 atom stereocenters. The Labute approximate surface area is 154 Å². The molecule has 140 valence electrons. The van der Waals surface area contributed by atoms with Crippen LogP contribution in [0.5, 0.6) is 11.5 Å². The molecule has 1 aromatic heterocycles. The molecule has 26 heavy (non-hydrogen) atoms. The van der Waals surface area contributed by atoms with Gasteiger partial charge < -0.3 is 14.4 Å². The van der Waals surface area contributed by atoms with Gasteiger partial charge in [0.15, 0.2) is 17.2 Å². The topological polar surface area (TPSA) is 67.5 Å². The number of aromatic nitrogens is 2. The number of benzene rings is 1. The minimum absolute atomic E-state index is 0.0112. The van der Waals surface area contributed by atoms with Gasteiger partial charge in [-0.25, -0.2) is 0 Å². The lowest BCUT2D eigenvalue weighted by Gasteiger charge is -2.38. The van der Waals surface area contributed by atoms with E-state index < -0.39 is 0 Å². The summed E-state index contributed by atoms with van der Waals surface area (Å²) in [6, 6.07) is 9.24. The predicted molar refractivity (Wildman–Crippen MR) is 99.4 cm³/mol. The first-order valence-electron chi connectivity index (χ1n) is 9.14. The van der Waals surface area contributed by atoms with Crippen LogP contribution in [-0.2, 0) is 6.61 Å². The number of amides is 1. The molecule has 1 fully saturated rings. The van der Waals surface area contributed by atoms with Gasteiger partial charge in [-0.15, -0.1) is 0 Å². The number of piperidine rings is 1. The largest absolute Gasteiger partial charge is 0.493 e. The third kappa shape index (κ3) is 4.00. The lowest BCUT2D eigenvalue weighted by Crippen LogP contribution is -2.42. The summed E-state index contributed by atoms with van der Waals surface area (Å²) in [5.41, 5.74) is 1.56. The van der Waals surface area contributed by atoms with E-state index in [2.05, 4.69) is 24.0 Å². The van der Waals surface area contributed by atoms with Gasteiger partial charge in [-0.2, -0.15) is 5.10 Å². The second-order valence-electron chi connectivity index (χ2n) is 7.17. The molecule has 1 aliphatic rings. The zero-order chi connectivity index (χ0) is 18.6. The smallest absolute Gasteiger partial charge is 0.274 e. The molecule has 6 nitrogen and oxygen atoms in total. The fraction of sp³-hybridized carbons (Fsp3) is 0.500. The van der Waals surface area contributed by atoms with E-state index in [0.717, 1.165) is 38.0 Å². The normalized spacial score (nSPS) is 16.3. The molecule has 6 heteroatoms. The van der Waals surface area contributed by atoms with E-state index in [1.165, 1.54) is 0 Å². The van der Waals surface area contributed by atoms with Crippen LogP contribution in [0.3, 0.4) is 0 Å². The number of methoxy groups -OCH3 is 1. The van der Waals surface area contributed by atoms with Crippen molar-refractivity contribution in [3.63, 3.8) is 0 Å². The van der Waals surface area contributed by atoms with E-state index in [9.17, 15) is 4.79 Å². The van der Waals surface area contributed by atoms with Gasteiger partial charge in [-0.3, -0.25) is 9.89 Å². The molecular weight excluding hydrogens is 330 g/mol. The summed E-state index contributed by atoms with van der Waals surface area (Å²) in [6.07, 6.45) is 3.24. The van der Waals surface area contributed by atoms with Crippen molar-refractivity contribution >= 4 is 5.91 Å². The van der Waals surface area contributed by atoms with Gasteiger partial charge in [0, 0.05) is 13.1 Å². The van der Waals surface area contributed by atoms with Crippen LogP contribution in [0, 0.1) is 5.41 Å². The summed E-state index contributed by atoms with van der Waals surface area (Å²) in [4.78, 5) is 14.6. The number of carbonyl (C=O) groups excluding carboxylic acids is 1. The molecule has 0 spiro atoms. The SMILES string of the molecule is CCC1(C)CCN(C(=O)c2cc(COc3ccccc3OC)[nH]n2)CC1. The molecule has 0 saturated carbocycles. The number of nitrogens with one attached hydrogen (secondary N) is 1. The zero-order valence-corrected chi connectivity index (χ0v) is 15.7. The second kappa shape index (κ2) is 7.81. The van der Waals surface area contributed by atoms with Crippen LogP contribution in [0.25, 0.3) is 0 Å². The maximum Gasteiger partial charge on any atom is 0.274 e. The van der Waals surface area contributed by atoms with Crippen LogP contribution in [0.1, 0.15) is 49.3 Å². The van der Waals surface area contributed by atoms with Crippen LogP contribution in [0.2, 0.25) is 0 Å². The Morgan fingerprint density at radius 2 is 1.96 bits per heavy atom. The molecule has 2 aromatic rings. The number of aromatic amines is 1. The molecule has 1 N–H and O–H groups in total.